The van der Waals surface area contributed by atoms with Crippen LogP contribution in [0.25, 0.3) is 6.08 Å². The smallest absolute Gasteiger partial charge is 0.363 e. The van der Waals surface area contributed by atoms with Crippen LogP contribution in [0.15, 0.2) is 47.1 Å². The summed E-state index contributed by atoms with van der Waals surface area (Å²) in [4.78, 5) is 16.6. The molecule has 5 nitrogen and oxygen atoms in total. The monoisotopic (exact) mass is 337 g/mol. The maximum Gasteiger partial charge on any atom is 0.363 e. The second-order valence-corrected chi connectivity index (χ2v) is 5.80. The molecule has 2 aromatic rings. The van der Waals surface area contributed by atoms with Gasteiger partial charge in [0.2, 0.25) is 5.90 Å². The number of aliphatic imine (C=N–C) groups is 1. The van der Waals surface area contributed by atoms with Crippen LogP contribution in [0.5, 0.6) is 11.5 Å². The highest BCUT2D eigenvalue weighted by Gasteiger charge is 2.25. The second kappa shape index (κ2) is 6.81. The van der Waals surface area contributed by atoms with Crippen LogP contribution in [0.1, 0.15) is 22.3 Å². The maximum absolute atomic E-state index is 12.2. The zero-order chi connectivity index (χ0) is 18.0. The van der Waals surface area contributed by atoms with Gasteiger partial charge >= 0.3 is 5.97 Å². The third-order valence-corrected chi connectivity index (χ3v) is 3.95. The van der Waals surface area contributed by atoms with E-state index in [1.54, 1.807) is 38.5 Å². The van der Waals surface area contributed by atoms with Crippen LogP contribution in [-0.4, -0.2) is 26.1 Å². The molecule has 0 unspecified atom stereocenters. The lowest BCUT2D eigenvalue weighted by Gasteiger charge is -2.07. The molecule has 0 radical (unpaired) electrons. The molecule has 0 saturated heterocycles. The van der Waals surface area contributed by atoms with Crippen molar-refractivity contribution >= 4 is 17.9 Å². The quantitative estimate of drug-likeness (QED) is 0.631. The van der Waals surface area contributed by atoms with Crippen molar-refractivity contribution in [1.82, 2.24) is 0 Å². The summed E-state index contributed by atoms with van der Waals surface area (Å²) in [6, 6.07) is 11.3. The van der Waals surface area contributed by atoms with Gasteiger partial charge in [-0.15, -0.1) is 0 Å². The van der Waals surface area contributed by atoms with Crippen molar-refractivity contribution in [2.45, 2.75) is 13.8 Å². The zero-order valence-electron chi connectivity index (χ0n) is 14.6. The fourth-order valence-electron chi connectivity index (χ4n) is 2.53. The first-order chi connectivity index (χ1) is 12.0. The van der Waals surface area contributed by atoms with Crippen LogP contribution in [0, 0.1) is 13.8 Å². The van der Waals surface area contributed by atoms with Crippen molar-refractivity contribution < 1.29 is 19.0 Å². The van der Waals surface area contributed by atoms with Crippen LogP contribution >= 0.6 is 0 Å². The Hall–Kier alpha value is -3.08. The molecule has 0 aliphatic carbocycles. The van der Waals surface area contributed by atoms with Gasteiger partial charge in [-0.25, -0.2) is 9.79 Å². The Bertz CT molecular complexity index is 874. The Kier molecular flexibility index (Phi) is 4.57. The molecule has 1 aliphatic heterocycles. The van der Waals surface area contributed by atoms with Gasteiger partial charge in [0.15, 0.2) is 5.70 Å². The number of nitrogens with zero attached hydrogens (tertiary/aromatic N) is 1. The molecule has 0 bridgehead atoms. The average Bonchev–Trinajstić information content (AvgIpc) is 2.98. The minimum Gasteiger partial charge on any atom is -0.497 e. The Labute approximate surface area is 146 Å². The summed E-state index contributed by atoms with van der Waals surface area (Å²) in [5, 5.41) is 0. The highest BCUT2D eigenvalue weighted by molar-refractivity contribution is 6.13. The van der Waals surface area contributed by atoms with Crippen LogP contribution in [0.4, 0.5) is 0 Å². The number of cyclic esters (lactones) is 1. The van der Waals surface area contributed by atoms with E-state index < -0.39 is 5.97 Å². The minimum absolute atomic E-state index is 0.235. The lowest BCUT2D eigenvalue weighted by atomic mass is 10.0. The number of carbonyl (C=O) groups excluding carboxylic acids is 1. The van der Waals surface area contributed by atoms with Gasteiger partial charge in [0.25, 0.3) is 0 Å². The van der Waals surface area contributed by atoms with Crippen LogP contribution in [0.3, 0.4) is 0 Å². The molecule has 0 N–H and O–H groups in total. The Morgan fingerprint density at radius 2 is 1.68 bits per heavy atom. The summed E-state index contributed by atoms with van der Waals surface area (Å²) < 4.78 is 15.8. The fraction of sp³-hybridized carbons (Fsp3) is 0.200. The highest BCUT2D eigenvalue weighted by Crippen LogP contribution is 2.27. The summed E-state index contributed by atoms with van der Waals surface area (Å²) in [6.45, 7) is 4.00. The molecule has 0 amide bonds. The first-order valence-corrected chi connectivity index (χ1v) is 7.83. The normalized spacial score (nSPS) is 15.1. The Morgan fingerprint density at radius 3 is 2.32 bits per heavy atom. The first-order valence-electron chi connectivity index (χ1n) is 7.83. The van der Waals surface area contributed by atoms with Crippen LogP contribution < -0.4 is 9.47 Å². The van der Waals surface area contributed by atoms with Crippen molar-refractivity contribution in [2.24, 2.45) is 4.99 Å². The van der Waals surface area contributed by atoms with E-state index in [0.29, 0.717) is 17.1 Å². The number of aryl methyl sites for hydroxylation is 2. The predicted molar refractivity (Wildman–Crippen MR) is 96.1 cm³/mol. The summed E-state index contributed by atoms with van der Waals surface area (Å²) >= 11 is 0. The van der Waals surface area contributed by atoms with Gasteiger partial charge in [-0.05, 0) is 43.2 Å². The van der Waals surface area contributed by atoms with E-state index in [1.807, 2.05) is 32.0 Å². The number of rotatable bonds is 4. The van der Waals surface area contributed by atoms with Crippen LogP contribution in [-0.2, 0) is 9.53 Å². The minimum atomic E-state index is -0.474. The molecule has 0 aromatic heterocycles. The number of methoxy groups -OCH3 is 2. The van der Waals surface area contributed by atoms with Crippen molar-refractivity contribution in [3.63, 3.8) is 0 Å². The summed E-state index contributed by atoms with van der Waals surface area (Å²) in [7, 11) is 3.12. The third kappa shape index (κ3) is 3.55. The largest absolute Gasteiger partial charge is 0.497 e. The van der Waals surface area contributed by atoms with Gasteiger partial charge < -0.3 is 14.2 Å². The molecule has 5 heteroatoms. The van der Waals surface area contributed by atoms with Crippen molar-refractivity contribution in [1.29, 1.82) is 0 Å². The zero-order valence-corrected chi connectivity index (χ0v) is 14.6. The van der Waals surface area contributed by atoms with Gasteiger partial charge in [0.05, 0.1) is 14.2 Å². The van der Waals surface area contributed by atoms with Crippen molar-refractivity contribution in [2.75, 3.05) is 14.2 Å². The number of ether oxygens (including phenoxy) is 3. The Morgan fingerprint density at radius 1 is 1.00 bits per heavy atom. The maximum atomic E-state index is 12.2. The van der Waals surface area contributed by atoms with Gasteiger partial charge in [-0.3, -0.25) is 0 Å². The molecular formula is C20H19NO4. The van der Waals surface area contributed by atoms with E-state index >= 15 is 0 Å². The molecular weight excluding hydrogens is 318 g/mol. The molecule has 1 heterocycles. The van der Waals surface area contributed by atoms with Crippen molar-refractivity contribution in [3.8, 4) is 11.5 Å². The first kappa shape index (κ1) is 16.8. The second-order valence-electron chi connectivity index (χ2n) is 5.80. The lowest BCUT2D eigenvalue weighted by Crippen LogP contribution is -2.06. The number of benzene rings is 2. The van der Waals surface area contributed by atoms with Gasteiger partial charge in [-0.2, -0.15) is 0 Å². The predicted octanol–water partition coefficient (Wildman–Crippen LogP) is 3.67. The van der Waals surface area contributed by atoms with Crippen LogP contribution in [0.2, 0.25) is 0 Å². The lowest BCUT2D eigenvalue weighted by molar-refractivity contribution is -0.129. The summed E-state index contributed by atoms with van der Waals surface area (Å²) in [5.41, 5.74) is 4.02. The van der Waals surface area contributed by atoms with Gasteiger partial charge in [0.1, 0.15) is 11.5 Å². The van der Waals surface area contributed by atoms with E-state index in [9.17, 15) is 4.79 Å². The van der Waals surface area contributed by atoms with E-state index in [4.69, 9.17) is 14.2 Å². The Balaban J connectivity index is 2.00. The number of carbonyl (C=O) groups is 1. The molecule has 25 heavy (non-hydrogen) atoms. The molecule has 128 valence electrons. The molecule has 0 fully saturated rings. The fourth-order valence-corrected chi connectivity index (χ4v) is 2.53. The number of hydrogen-bond acceptors (Lipinski definition) is 5. The van der Waals surface area contributed by atoms with E-state index in [0.717, 1.165) is 16.7 Å². The molecule has 2 aromatic carbocycles. The number of hydrogen-bond donors (Lipinski definition) is 0. The molecule has 1 aliphatic rings. The van der Waals surface area contributed by atoms with Gasteiger partial charge in [0, 0.05) is 11.6 Å². The molecule has 0 atom stereocenters. The molecule has 0 spiro atoms. The standard InChI is InChI=1S/C20H19NO4/c1-12-5-6-13(2)14(7-12)10-18-20(22)25-19(21-18)15-8-16(23-3)11-17(9-15)24-4/h5-11H,1-4H3/b18-10+. The van der Waals surface area contributed by atoms with E-state index in [2.05, 4.69) is 4.99 Å². The third-order valence-electron chi connectivity index (χ3n) is 3.95. The van der Waals surface area contributed by atoms with E-state index in [1.165, 1.54) is 0 Å². The molecule has 3 rings (SSSR count). The number of esters is 1. The average molecular weight is 337 g/mol. The summed E-state index contributed by atoms with van der Waals surface area (Å²) in [6.07, 6.45) is 1.75. The SMILES string of the molecule is COc1cc(OC)cc(C2=N/C(=C/c3cc(C)ccc3C)C(=O)O2)c1. The topological polar surface area (TPSA) is 57.1 Å². The van der Waals surface area contributed by atoms with Gasteiger partial charge in [-0.1, -0.05) is 23.8 Å². The highest BCUT2D eigenvalue weighted by atomic mass is 16.6. The van der Waals surface area contributed by atoms with E-state index in [-0.39, 0.29) is 11.6 Å². The van der Waals surface area contributed by atoms with Crippen molar-refractivity contribution in [3.05, 3.63) is 64.3 Å². The summed E-state index contributed by atoms with van der Waals surface area (Å²) in [5.74, 6) is 0.955. The molecule has 0 saturated carbocycles.